The minimum atomic E-state index is -4.60. The van der Waals surface area contributed by atoms with Gasteiger partial charge in [0.15, 0.2) is 18.1 Å². The number of nitrogens with one attached hydrogen (secondary N) is 2. The Kier molecular flexibility index (Phi) is 9.82. The van der Waals surface area contributed by atoms with Gasteiger partial charge < -0.3 is 20.1 Å². The van der Waals surface area contributed by atoms with Gasteiger partial charge in [0.2, 0.25) is 0 Å². The molecular weight excluding hydrogens is 558 g/mol. The lowest BCUT2D eigenvalue weighted by Crippen LogP contribution is -2.20. The molecule has 0 aliphatic rings. The van der Waals surface area contributed by atoms with Crippen LogP contribution in [-0.2, 0) is 15.8 Å². The van der Waals surface area contributed by atoms with E-state index in [1.165, 1.54) is 24.3 Å². The molecule has 0 aliphatic carbocycles. The number of carbonyl (C=O) groups excluding carboxylic acids is 2. The number of hydrogen-bond acceptors (Lipinski definition) is 5. The number of anilines is 2. The van der Waals surface area contributed by atoms with Crippen molar-refractivity contribution in [2.75, 3.05) is 23.8 Å². The van der Waals surface area contributed by atoms with E-state index < -0.39 is 35.7 Å². The zero-order valence-electron chi connectivity index (χ0n) is 20.2. The van der Waals surface area contributed by atoms with Gasteiger partial charge in [-0.05, 0) is 61.0 Å². The minimum Gasteiger partial charge on any atom is -0.490 e. The topological polar surface area (TPSA) is 100 Å². The summed E-state index contributed by atoms with van der Waals surface area (Å²) in [6, 6.07) is 15.2. The summed E-state index contributed by atoms with van der Waals surface area (Å²) in [6.45, 7) is 1.48. The molecule has 202 valence electrons. The first-order valence-electron chi connectivity index (χ1n) is 11.3. The molecule has 0 saturated heterocycles. The zero-order valence-corrected chi connectivity index (χ0v) is 21.7. The minimum absolute atomic E-state index is 0.0216. The molecule has 0 fully saturated rings. The highest BCUT2D eigenvalue weighted by Crippen LogP contribution is 2.37. The fraction of sp³-hybridized carbons (Fsp3) is 0.148. The molecule has 0 atom stereocenters. The van der Waals surface area contributed by atoms with E-state index in [4.69, 9.17) is 32.7 Å². The van der Waals surface area contributed by atoms with Gasteiger partial charge in [-0.25, -0.2) is 0 Å². The first-order valence-corrected chi connectivity index (χ1v) is 12.0. The average molecular weight is 578 g/mol. The number of rotatable bonds is 9. The van der Waals surface area contributed by atoms with Crippen molar-refractivity contribution < 1.29 is 32.2 Å². The fourth-order valence-electron chi connectivity index (χ4n) is 3.25. The zero-order chi connectivity index (χ0) is 28.6. The van der Waals surface area contributed by atoms with Crippen molar-refractivity contribution in [3.63, 3.8) is 0 Å². The van der Waals surface area contributed by atoms with E-state index in [2.05, 4.69) is 10.6 Å². The second-order valence-electron chi connectivity index (χ2n) is 7.78. The normalized spacial score (nSPS) is 11.4. The Morgan fingerprint density at radius 1 is 1.00 bits per heavy atom. The predicted molar refractivity (Wildman–Crippen MR) is 142 cm³/mol. The van der Waals surface area contributed by atoms with Crippen LogP contribution in [0.1, 0.15) is 18.1 Å². The van der Waals surface area contributed by atoms with E-state index in [0.29, 0.717) is 10.7 Å². The first-order chi connectivity index (χ1) is 18.5. The van der Waals surface area contributed by atoms with Gasteiger partial charge in [0, 0.05) is 5.69 Å². The van der Waals surface area contributed by atoms with Crippen molar-refractivity contribution in [2.45, 2.75) is 13.1 Å². The predicted octanol–water partition coefficient (Wildman–Crippen LogP) is 6.97. The van der Waals surface area contributed by atoms with Crippen LogP contribution in [0.4, 0.5) is 24.5 Å². The van der Waals surface area contributed by atoms with Crippen molar-refractivity contribution in [3.05, 3.63) is 87.4 Å². The first kappa shape index (κ1) is 29.4. The van der Waals surface area contributed by atoms with Crippen LogP contribution >= 0.6 is 23.2 Å². The third kappa shape index (κ3) is 8.14. The number of carbonyl (C=O) groups is 2. The Morgan fingerprint density at radius 2 is 1.74 bits per heavy atom. The molecule has 3 aromatic rings. The van der Waals surface area contributed by atoms with Crippen LogP contribution in [0, 0.1) is 11.3 Å². The molecule has 2 N–H and O–H groups in total. The summed E-state index contributed by atoms with van der Waals surface area (Å²) >= 11 is 12.4. The van der Waals surface area contributed by atoms with Crippen LogP contribution in [0.5, 0.6) is 11.5 Å². The van der Waals surface area contributed by atoms with E-state index in [-0.39, 0.29) is 34.4 Å². The van der Waals surface area contributed by atoms with Gasteiger partial charge in [-0.2, -0.15) is 18.4 Å². The summed E-state index contributed by atoms with van der Waals surface area (Å²) in [5, 5.41) is 14.8. The van der Waals surface area contributed by atoms with Gasteiger partial charge in [-0.3, -0.25) is 9.59 Å². The monoisotopic (exact) mass is 577 g/mol. The lowest BCUT2D eigenvalue weighted by atomic mass is 10.1. The van der Waals surface area contributed by atoms with Gasteiger partial charge >= 0.3 is 6.18 Å². The molecule has 0 bridgehead atoms. The maximum Gasteiger partial charge on any atom is 0.416 e. The second-order valence-corrected chi connectivity index (χ2v) is 8.60. The summed E-state index contributed by atoms with van der Waals surface area (Å²) in [5.41, 5.74) is -0.822. The Bertz CT molecular complexity index is 1450. The van der Waals surface area contributed by atoms with Crippen LogP contribution in [-0.4, -0.2) is 25.0 Å². The molecule has 39 heavy (non-hydrogen) atoms. The molecule has 0 spiro atoms. The third-order valence-corrected chi connectivity index (χ3v) is 5.56. The maximum atomic E-state index is 13.0. The van der Waals surface area contributed by atoms with Gasteiger partial charge in [0.1, 0.15) is 11.6 Å². The molecule has 0 unspecified atom stereocenters. The van der Waals surface area contributed by atoms with Crippen molar-refractivity contribution >= 4 is 52.5 Å². The van der Waals surface area contributed by atoms with Crippen molar-refractivity contribution in [2.24, 2.45) is 0 Å². The van der Waals surface area contributed by atoms with Crippen molar-refractivity contribution in [1.29, 1.82) is 5.26 Å². The summed E-state index contributed by atoms with van der Waals surface area (Å²) in [7, 11) is 0. The van der Waals surface area contributed by atoms with Crippen LogP contribution in [0.2, 0.25) is 10.0 Å². The van der Waals surface area contributed by atoms with Crippen molar-refractivity contribution in [1.82, 2.24) is 0 Å². The summed E-state index contributed by atoms with van der Waals surface area (Å²) in [4.78, 5) is 24.9. The Morgan fingerprint density at radius 3 is 2.41 bits per heavy atom. The van der Waals surface area contributed by atoms with Gasteiger partial charge in [-0.1, -0.05) is 41.4 Å². The van der Waals surface area contributed by atoms with Crippen LogP contribution in [0.25, 0.3) is 6.08 Å². The SMILES string of the molecule is CCOc1cc(/C=C(\C#N)C(=O)Nc2cccc(C(F)(F)F)c2)cc(Cl)c1OCC(=O)Nc1ccccc1Cl. The highest BCUT2D eigenvalue weighted by molar-refractivity contribution is 6.33. The van der Waals surface area contributed by atoms with E-state index >= 15 is 0 Å². The molecule has 3 rings (SSSR count). The fourth-order valence-corrected chi connectivity index (χ4v) is 3.70. The lowest BCUT2D eigenvalue weighted by Gasteiger charge is -2.15. The van der Waals surface area contributed by atoms with Gasteiger partial charge in [0.05, 0.1) is 27.9 Å². The Labute approximate surface area is 231 Å². The van der Waals surface area contributed by atoms with E-state index in [9.17, 15) is 28.0 Å². The van der Waals surface area contributed by atoms with E-state index in [1.54, 1.807) is 37.3 Å². The summed E-state index contributed by atoms with van der Waals surface area (Å²) in [6.07, 6.45) is -3.41. The largest absolute Gasteiger partial charge is 0.490 e. The number of nitriles is 1. The molecule has 0 aliphatic heterocycles. The maximum absolute atomic E-state index is 13.0. The number of halogens is 5. The molecule has 12 heteroatoms. The summed E-state index contributed by atoms with van der Waals surface area (Å²) in [5.74, 6) is -1.25. The number of nitrogens with zero attached hydrogens (tertiary/aromatic N) is 1. The van der Waals surface area contributed by atoms with Crippen LogP contribution in [0.15, 0.2) is 66.2 Å². The Balaban J connectivity index is 1.79. The van der Waals surface area contributed by atoms with Crippen molar-refractivity contribution in [3.8, 4) is 17.6 Å². The van der Waals surface area contributed by atoms with E-state index in [0.717, 1.165) is 18.2 Å². The molecule has 0 heterocycles. The lowest BCUT2D eigenvalue weighted by molar-refractivity contribution is -0.137. The standard InChI is InChI=1S/C27H20Cl2F3N3O4/c1-2-38-23-12-16(10-17(14-33)26(37)34-19-7-5-6-18(13-19)27(30,31)32)11-21(29)25(23)39-15-24(36)35-22-9-4-3-8-20(22)28/h3-13H,2,15H2,1H3,(H,34,37)(H,35,36)/b17-10+. The molecule has 0 radical (unpaired) electrons. The molecule has 3 aromatic carbocycles. The molecular formula is C27H20Cl2F3N3O4. The number of para-hydroxylation sites is 1. The number of benzene rings is 3. The number of alkyl halides is 3. The second kappa shape index (κ2) is 13.0. The van der Waals surface area contributed by atoms with E-state index in [1.807, 2.05) is 0 Å². The van der Waals surface area contributed by atoms with Gasteiger partial charge in [-0.15, -0.1) is 0 Å². The van der Waals surface area contributed by atoms with Crippen LogP contribution < -0.4 is 20.1 Å². The number of hydrogen-bond donors (Lipinski definition) is 2. The molecule has 2 amide bonds. The molecule has 0 aromatic heterocycles. The highest BCUT2D eigenvalue weighted by atomic mass is 35.5. The smallest absolute Gasteiger partial charge is 0.416 e. The third-order valence-electron chi connectivity index (χ3n) is 4.95. The quantitative estimate of drug-likeness (QED) is 0.211. The Hall–Kier alpha value is -4.20. The summed E-state index contributed by atoms with van der Waals surface area (Å²) < 4.78 is 50.0. The van der Waals surface area contributed by atoms with Crippen LogP contribution in [0.3, 0.4) is 0 Å². The molecule has 7 nitrogen and oxygen atoms in total. The number of ether oxygens (including phenoxy) is 2. The van der Waals surface area contributed by atoms with Gasteiger partial charge in [0.25, 0.3) is 11.8 Å². The number of amides is 2. The highest BCUT2D eigenvalue weighted by Gasteiger charge is 2.30. The molecule has 0 saturated carbocycles. The average Bonchev–Trinajstić information content (AvgIpc) is 2.88.